The molecule has 11 heteroatoms. The number of likely N-dealkylation sites (tertiary alicyclic amines) is 1. The fourth-order valence-electron chi connectivity index (χ4n) is 7.67. The Morgan fingerprint density at radius 3 is 2.30 bits per heavy atom. The summed E-state index contributed by atoms with van der Waals surface area (Å²) in [6.45, 7) is 7.75. The average molecular weight is 682 g/mol. The van der Waals surface area contributed by atoms with E-state index in [9.17, 15) is 19.2 Å². The molecule has 1 N–H and O–H groups in total. The van der Waals surface area contributed by atoms with Crippen molar-refractivity contribution >= 4 is 29.3 Å². The molecule has 3 aromatic rings. The highest BCUT2D eigenvalue weighted by Crippen LogP contribution is 2.40. The lowest BCUT2D eigenvalue weighted by Crippen LogP contribution is -2.47. The number of imide groups is 1. The first-order chi connectivity index (χ1) is 24.2. The van der Waals surface area contributed by atoms with E-state index >= 15 is 0 Å². The van der Waals surface area contributed by atoms with Gasteiger partial charge in [0.2, 0.25) is 11.8 Å². The smallest absolute Gasteiger partial charge is 0.264 e. The van der Waals surface area contributed by atoms with E-state index in [0.29, 0.717) is 55.0 Å². The molecule has 3 heterocycles. The molecule has 3 atom stereocenters. The van der Waals surface area contributed by atoms with Crippen molar-refractivity contribution in [1.82, 2.24) is 20.0 Å². The van der Waals surface area contributed by atoms with E-state index in [2.05, 4.69) is 46.3 Å². The Morgan fingerprint density at radius 1 is 0.860 bits per heavy atom. The van der Waals surface area contributed by atoms with Gasteiger partial charge in [-0.15, -0.1) is 0 Å². The Labute approximate surface area is 294 Å². The molecule has 3 aliphatic heterocycles. The van der Waals surface area contributed by atoms with E-state index in [1.54, 1.807) is 31.3 Å². The van der Waals surface area contributed by atoms with Crippen LogP contribution < -0.4 is 19.7 Å². The third kappa shape index (κ3) is 6.92. The van der Waals surface area contributed by atoms with Gasteiger partial charge in [-0.1, -0.05) is 42.5 Å². The van der Waals surface area contributed by atoms with Gasteiger partial charge in [0, 0.05) is 52.2 Å². The Morgan fingerprint density at radius 2 is 1.60 bits per heavy atom. The molecule has 0 bridgehead atoms. The van der Waals surface area contributed by atoms with Gasteiger partial charge in [-0.3, -0.25) is 29.0 Å². The predicted molar refractivity (Wildman–Crippen MR) is 191 cm³/mol. The molecule has 6 rings (SSSR count). The lowest BCUT2D eigenvalue weighted by atomic mass is 9.99. The van der Waals surface area contributed by atoms with E-state index in [0.717, 1.165) is 43.9 Å². The number of nitrogens with one attached hydrogen (secondary N) is 1. The molecule has 11 nitrogen and oxygen atoms in total. The van der Waals surface area contributed by atoms with Gasteiger partial charge in [-0.05, 0) is 68.0 Å². The van der Waals surface area contributed by atoms with E-state index in [1.165, 1.54) is 17.4 Å². The molecule has 264 valence electrons. The molecule has 2 fully saturated rings. The van der Waals surface area contributed by atoms with Crippen LogP contribution in [0, 0.1) is 0 Å². The lowest BCUT2D eigenvalue weighted by molar-refractivity contribution is -0.136. The zero-order valence-electron chi connectivity index (χ0n) is 29.4. The number of methoxy groups -OCH3 is 2. The van der Waals surface area contributed by atoms with Gasteiger partial charge in [0.25, 0.3) is 11.8 Å². The molecular formula is C39H47N5O6. The van der Waals surface area contributed by atoms with E-state index in [1.807, 2.05) is 30.3 Å². The van der Waals surface area contributed by atoms with Crippen LogP contribution in [0.3, 0.4) is 0 Å². The number of hydrogen-bond donors (Lipinski definition) is 1. The molecule has 3 aromatic carbocycles. The second-order valence-electron chi connectivity index (χ2n) is 13.2. The Bertz CT molecular complexity index is 1720. The van der Waals surface area contributed by atoms with Gasteiger partial charge in [0.15, 0.2) is 11.5 Å². The molecule has 0 radical (unpaired) electrons. The number of benzene rings is 3. The topological polar surface area (TPSA) is 112 Å². The minimum Gasteiger partial charge on any atom is -0.493 e. The van der Waals surface area contributed by atoms with Crippen molar-refractivity contribution in [1.29, 1.82) is 0 Å². The second kappa shape index (κ2) is 15.3. The van der Waals surface area contributed by atoms with Crippen molar-refractivity contribution < 1.29 is 28.7 Å². The molecule has 4 amide bonds. The second-order valence-corrected chi connectivity index (χ2v) is 13.2. The van der Waals surface area contributed by atoms with Crippen LogP contribution in [-0.4, -0.2) is 97.9 Å². The molecule has 2 saturated heterocycles. The van der Waals surface area contributed by atoms with Crippen molar-refractivity contribution in [2.24, 2.45) is 0 Å². The maximum atomic E-state index is 14.4. The molecule has 3 aliphatic rings. The highest BCUT2D eigenvalue weighted by Gasteiger charge is 2.43. The van der Waals surface area contributed by atoms with Crippen molar-refractivity contribution in [3.05, 3.63) is 89.0 Å². The van der Waals surface area contributed by atoms with Crippen molar-refractivity contribution in [2.45, 2.75) is 57.7 Å². The van der Waals surface area contributed by atoms with E-state index < -0.39 is 12.1 Å². The van der Waals surface area contributed by atoms with Gasteiger partial charge >= 0.3 is 0 Å². The fourth-order valence-corrected chi connectivity index (χ4v) is 7.67. The molecular weight excluding hydrogens is 634 g/mol. The maximum Gasteiger partial charge on any atom is 0.264 e. The van der Waals surface area contributed by atoms with Gasteiger partial charge in [-0.2, -0.15) is 0 Å². The van der Waals surface area contributed by atoms with Crippen LogP contribution >= 0.6 is 0 Å². The van der Waals surface area contributed by atoms with Crippen LogP contribution in [0.25, 0.3) is 0 Å². The Hall–Kier alpha value is -4.90. The minimum absolute atomic E-state index is 0.107. The van der Waals surface area contributed by atoms with Crippen LogP contribution in [0.15, 0.2) is 66.7 Å². The molecule has 0 aromatic heterocycles. The van der Waals surface area contributed by atoms with Crippen LogP contribution in [-0.2, 0) is 9.59 Å². The first kappa shape index (κ1) is 34.9. The fraction of sp³-hybridized carbons (Fsp3) is 0.436. The number of nitrogens with zero attached hydrogens (tertiary/aromatic N) is 4. The number of piperazine rings is 1. The summed E-state index contributed by atoms with van der Waals surface area (Å²) in [5, 5.41) is 2.98. The van der Waals surface area contributed by atoms with Crippen LogP contribution in [0.2, 0.25) is 0 Å². The van der Waals surface area contributed by atoms with Crippen molar-refractivity contribution in [3.8, 4) is 11.5 Å². The van der Waals surface area contributed by atoms with Crippen molar-refractivity contribution in [3.63, 3.8) is 0 Å². The normalized spacial score (nSPS) is 19.0. The lowest BCUT2D eigenvalue weighted by Gasteiger charge is -2.39. The zero-order valence-corrected chi connectivity index (χ0v) is 29.4. The molecule has 1 unspecified atom stereocenters. The van der Waals surface area contributed by atoms with Gasteiger partial charge in [-0.25, -0.2) is 0 Å². The highest BCUT2D eigenvalue weighted by molar-refractivity contribution is 6.24. The summed E-state index contributed by atoms with van der Waals surface area (Å²) in [6, 6.07) is 20.6. The van der Waals surface area contributed by atoms with Gasteiger partial charge in [0.05, 0.1) is 37.1 Å². The third-order valence-electron chi connectivity index (χ3n) is 10.4. The first-order valence-corrected chi connectivity index (χ1v) is 17.5. The van der Waals surface area contributed by atoms with Gasteiger partial charge < -0.3 is 24.6 Å². The van der Waals surface area contributed by atoms with Crippen LogP contribution in [0.5, 0.6) is 11.5 Å². The standard InChI is InChI=1S/C39H47N5O6/c1-26(28-11-6-5-7-12-28)41-21-23-42(24-22-41)32-14-8-13-30-36(32)39(48)44(38(30)47)31(29-17-18-34(49-3)35(25-29)50-4)15-9-19-40-37(46)33-16-10-20-43(33)27(2)45/h5-8,11-14,17-18,25-26,31,33H,9-10,15-16,19-24H2,1-4H3,(H,40,46)/t26?,31-,33-/m1/s1. The predicted octanol–water partition coefficient (Wildman–Crippen LogP) is 4.83. The minimum atomic E-state index is -0.615. The number of rotatable bonds is 12. The Balaban J connectivity index is 1.21. The van der Waals surface area contributed by atoms with Crippen LogP contribution in [0.1, 0.15) is 83.5 Å². The first-order valence-electron chi connectivity index (χ1n) is 17.5. The molecule has 0 saturated carbocycles. The summed E-state index contributed by atoms with van der Waals surface area (Å²) in [5.41, 5.74) is 3.62. The summed E-state index contributed by atoms with van der Waals surface area (Å²) < 4.78 is 11.0. The Kier molecular flexibility index (Phi) is 10.7. The summed E-state index contributed by atoms with van der Waals surface area (Å²) in [6.07, 6.45) is 2.34. The highest BCUT2D eigenvalue weighted by atomic mass is 16.5. The van der Waals surface area contributed by atoms with Gasteiger partial charge in [0.1, 0.15) is 6.04 Å². The number of anilines is 1. The summed E-state index contributed by atoms with van der Waals surface area (Å²) in [4.78, 5) is 61.3. The number of carbonyl (C=O) groups is 4. The third-order valence-corrected chi connectivity index (χ3v) is 10.4. The summed E-state index contributed by atoms with van der Waals surface area (Å²) in [5.74, 6) is 0.0874. The monoisotopic (exact) mass is 681 g/mol. The number of carbonyl (C=O) groups excluding carboxylic acids is 4. The maximum absolute atomic E-state index is 14.4. The zero-order chi connectivity index (χ0) is 35.4. The number of hydrogen-bond acceptors (Lipinski definition) is 8. The summed E-state index contributed by atoms with van der Waals surface area (Å²) in [7, 11) is 3.11. The summed E-state index contributed by atoms with van der Waals surface area (Å²) >= 11 is 0. The average Bonchev–Trinajstić information content (AvgIpc) is 3.75. The molecule has 0 spiro atoms. The SMILES string of the molecule is COc1ccc([C@@H](CCCNC(=O)[C@H]2CCCN2C(C)=O)N2C(=O)c3cccc(N4CCN(C(C)c5ccccc5)CC4)c3C2=O)cc1OC. The largest absolute Gasteiger partial charge is 0.493 e. The van der Waals surface area contributed by atoms with E-state index in [-0.39, 0.29) is 29.7 Å². The number of ether oxygens (including phenoxy) is 2. The molecule has 50 heavy (non-hydrogen) atoms. The molecule has 0 aliphatic carbocycles. The van der Waals surface area contributed by atoms with E-state index in [4.69, 9.17) is 9.47 Å². The van der Waals surface area contributed by atoms with Crippen LogP contribution in [0.4, 0.5) is 5.69 Å². The quantitative estimate of drug-likeness (QED) is 0.214. The van der Waals surface area contributed by atoms with Crippen molar-refractivity contribution in [2.75, 3.05) is 58.4 Å². The number of fused-ring (bicyclic) bond motifs is 1. The number of amides is 4.